The van der Waals surface area contributed by atoms with Gasteiger partial charge in [-0.1, -0.05) is 32.9 Å². The molecule has 19 nitrogen and oxygen atoms in total. The van der Waals surface area contributed by atoms with Crippen LogP contribution >= 0.6 is 0 Å². The van der Waals surface area contributed by atoms with E-state index in [-0.39, 0.29) is 47.8 Å². The zero-order valence-corrected chi connectivity index (χ0v) is 39.2. The number of imidazole rings is 2. The monoisotopic (exact) mass is 894 g/mol. The maximum absolute atomic E-state index is 13.8. The highest BCUT2D eigenvalue weighted by atomic mass is 28.4. The van der Waals surface area contributed by atoms with Crippen LogP contribution < -0.4 is 31.6 Å². The van der Waals surface area contributed by atoms with Crippen LogP contribution in [0.25, 0.3) is 22.1 Å². The van der Waals surface area contributed by atoms with Crippen molar-refractivity contribution < 1.29 is 33.1 Å². The molecule has 0 radical (unpaired) electrons. The molecule has 0 aliphatic carbocycles. The van der Waals surface area contributed by atoms with E-state index in [1.807, 2.05) is 32.9 Å². The summed E-state index contributed by atoms with van der Waals surface area (Å²) in [6.45, 7) is 20.3. The number of hydrogen-bond donors (Lipinski definition) is 4. The van der Waals surface area contributed by atoms with Crippen molar-refractivity contribution in [3.8, 4) is 11.5 Å². The topological polar surface area (TPSA) is 243 Å². The molecule has 4 aromatic heterocycles. The Morgan fingerprint density at radius 1 is 0.719 bits per heavy atom. The van der Waals surface area contributed by atoms with E-state index in [1.165, 1.54) is 19.2 Å². The Kier molecular flexibility index (Phi) is 13.8. The van der Waals surface area contributed by atoms with E-state index >= 15 is 0 Å². The molecule has 0 saturated heterocycles. The normalized spacial score (nSPS) is 12.1. The second-order valence-electron chi connectivity index (χ2n) is 16.9. The van der Waals surface area contributed by atoms with Crippen molar-refractivity contribution in [2.75, 3.05) is 31.0 Å². The van der Waals surface area contributed by atoms with Gasteiger partial charge in [0.15, 0.2) is 8.32 Å². The molecule has 4 amide bonds. The number of fused-ring (bicyclic) bond motifs is 2. The number of benzene rings is 2. The second-order valence-corrected chi connectivity index (χ2v) is 21.7. The largest absolute Gasteiger partial charge is 0.494 e. The number of aryl methyl sites for hydroxylation is 4. The first-order valence-corrected chi connectivity index (χ1v) is 24.0. The summed E-state index contributed by atoms with van der Waals surface area (Å²) >= 11 is 0. The number of rotatable bonds is 19. The van der Waals surface area contributed by atoms with Crippen molar-refractivity contribution in [3.63, 3.8) is 0 Å². The first kappa shape index (κ1) is 46.7. The van der Waals surface area contributed by atoms with Gasteiger partial charge in [0.25, 0.3) is 11.8 Å². The number of carbonyl (C=O) groups excluding carboxylic acids is 4. The molecule has 6 rings (SSSR count). The molecule has 0 bridgehead atoms. The summed E-state index contributed by atoms with van der Waals surface area (Å²) in [5.74, 6) is -1.18. The van der Waals surface area contributed by atoms with Crippen LogP contribution in [0.3, 0.4) is 0 Å². The first-order chi connectivity index (χ1) is 30.3. The number of allylic oxidation sites excluding steroid dienone is 2. The number of amides is 4. The molecule has 2 aromatic carbocycles. The lowest BCUT2D eigenvalue weighted by molar-refractivity contribution is 0.0991. The quantitative estimate of drug-likeness (QED) is 0.0406. The predicted molar refractivity (Wildman–Crippen MR) is 247 cm³/mol. The molecule has 0 atom stereocenters. The number of ether oxygens (including phenoxy) is 2. The van der Waals surface area contributed by atoms with Crippen LogP contribution in [0.15, 0.2) is 48.6 Å². The van der Waals surface area contributed by atoms with E-state index in [4.69, 9.17) is 35.3 Å². The van der Waals surface area contributed by atoms with Crippen LogP contribution in [-0.2, 0) is 30.6 Å². The van der Waals surface area contributed by atoms with Crippen LogP contribution in [0.5, 0.6) is 11.5 Å². The second kappa shape index (κ2) is 18.9. The molecule has 20 heteroatoms. The van der Waals surface area contributed by atoms with Gasteiger partial charge < -0.3 is 34.5 Å². The molecule has 0 aliphatic heterocycles. The molecule has 6 aromatic rings. The smallest absolute Gasteiger partial charge is 0.276 e. The minimum atomic E-state index is -1.99. The van der Waals surface area contributed by atoms with Gasteiger partial charge in [0, 0.05) is 50.3 Å². The fourth-order valence-electron chi connectivity index (χ4n) is 6.97. The van der Waals surface area contributed by atoms with Gasteiger partial charge in [0.05, 0.1) is 36.1 Å². The summed E-state index contributed by atoms with van der Waals surface area (Å²) in [7, 11) is -0.529. The van der Waals surface area contributed by atoms with Gasteiger partial charge >= 0.3 is 0 Å². The summed E-state index contributed by atoms with van der Waals surface area (Å²) in [5.41, 5.74) is 15.6. The number of anilines is 2. The van der Waals surface area contributed by atoms with Gasteiger partial charge in [0.1, 0.15) is 33.9 Å². The third-order valence-electron chi connectivity index (χ3n) is 11.3. The van der Waals surface area contributed by atoms with E-state index in [2.05, 4.69) is 54.7 Å². The van der Waals surface area contributed by atoms with Crippen LogP contribution in [0.1, 0.15) is 94.1 Å². The summed E-state index contributed by atoms with van der Waals surface area (Å²) in [4.78, 5) is 61.9. The van der Waals surface area contributed by atoms with Crippen molar-refractivity contribution in [2.24, 2.45) is 11.5 Å². The Balaban J connectivity index is 1.39. The fourth-order valence-corrected chi connectivity index (χ4v) is 8.06. The molecular weight excluding hydrogens is 837 g/mol. The standard InChI is InChI=1S/C44H58N12O7Si/c1-11-55-32(20-26(3)51-55)40(59)49-42-47-30-22-28(38(45)57)24-34(61-8)36(30)53(42)16-13-14-17-54-37-31(48-43(54)50-41(60)33-21-27(4)52-56(33)12-2)23-29(39(46)58)25-35(37)62-18-15-19-63-64(9,10)44(5,6)7/h13-14,20-25H,11-12,15-19H2,1-10H3,(H2,45,57)(H2,46,58)(H,47,49,59)(H,48,50,60)/b14-13+. The molecule has 340 valence electrons. The summed E-state index contributed by atoms with van der Waals surface area (Å²) < 4.78 is 25.2. The number of methoxy groups -OCH3 is 1. The molecule has 64 heavy (non-hydrogen) atoms. The highest BCUT2D eigenvalue weighted by molar-refractivity contribution is 6.74. The molecule has 0 fully saturated rings. The Bertz CT molecular complexity index is 2770. The number of hydrogen-bond acceptors (Lipinski definition) is 11. The number of nitrogens with zero attached hydrogens (tertiary/aromatic N) is 8. The van der Waals surface area contributed by atoms with Crippen LogP contribution in [0.2, 0.25) is 18.1 Å². The van der Waals surface area contributed by atoms with Crippen molar-refractivity contribution in [1.29, 1.82) is 0 Å². The molecule has 0 spiro atoms. The maximum atomic E-state index is 13.8. The van der Waals surface area contributed by atoms with Gasteiger partial charge in [-0.05, 0) is 82.2 Å². The van der Waals surface area contributed by atoms with Crippen molar-refractivity contribution >= 4 is 65.9 Å². The lowest BCUT2D eigenvalue weighted by atomic mass is 10.1. The van der Waals surface area contributed by atoms with Gasteiger partial charge in [0.2, 0.25) is 23.7 Å². The average Bonchev–Trinajstić information content (AvgIpc) is 4.00. The highest BCUT2D eigenvalue weighted by Gasteiger charge is 2.37. The molecule has 0 saturated carbocycles. The van der Waals surface area contributed by atoms with E-state index in [1.54, 1.807) is 49.7 Å². The first-order valence-electron chi connectivity index (χ1n) is 21.1. The van der Waals surface area contributed by atoms with Crippen LogP contribution in [0, 0.1) is 13.8 Å². The SMILES string of the molecule is CCn1nc(C)cc1C(=O)Nc1nc2cc(C(N)=O)cc(OC)c2n1C/C=C/Cn1c(NC(=O)c2cc(C)nn2CC)nc2cc(C(N)=O)cc(OCCCO[Si](C)(C)C(C)(C)C)c21. The molecule has 6 N–H and O–H groups in total. The molecule has 4 heterocycles. The molecule has 0 aliphatic rings. The van der Waals surface area contributed by atoms with Crippen LogP contribution in [0.4, 0.5) is 11.9 Å². The fraction of sp³-hybridized carbons (Fsp3) is 0.409. The minimum Gasteiger partial charge on any atom is -0.494 e. The van der Waals surface area contributed by atoms with Crippen molar-refractivity contribution in [2.45, 2.75) is 99.2 Å². The number of aromatic nitrogens is 8. The highest BCUT2D eigenvalue weighted by Crippen LogP contribution is 2.37. The average molecular weight is 895 g/mol. The zero-order chi connectivity index (χ0) is 46.7. The Hall–Kier alpha value is -6.80. The van der Waals surface area contributed by atoms with Crippen LogP contribution in [-0.4, -0.2) is 90.9 Å². The maximum Gasteiger partial charge on any atom is 0.276 e. The third-order valence-corrected chi connectivity index (χ3v) is 15.8. The van der Waals surface area contributed by atoms with E-state index in [9.17, 15) is 19.2 Å². The predicted octanol–water partition coefficient (Wildman–Crippen LogP) is 6.19. The van der Waals surface area contributed by atoms with Gasteiger partial charge in [-0.25, -0.2) is 9.97 Å². The zero-order valence-electron chi connectivity index (χ0n) is 38.2. The number of primary amides is 2. The Morgan fingerprint density at radius 2 is 1.17 bits per heavy atom. The summed E-state index contributed by atoms with van der Waals surface area (Å²) in [5, 5.41) is 14.8. The van der Waals surface area contributed by atoms with E-state index < -0.39 is 31.9 Å². The van der Waals surface area contributed by atoms with Crippen molar-refractivity contribution in [3.05, 3.63) is 82.5 Å². The van der Waals surface area contributed by atoms with E-state index in [0.29, 0.717) is 82.5 Å². The van der Waals surface area contributed by atoms with E-state index in [0.717, 1.165) is 0 Å². The van der Waals surface area contributed by atoms with Crippen molar-refractivity contribution in [1.82, 2.24) is 38.7 Å². The third kappa shape index (κ3) is 9.87. The molecule has 0 unspecified atom stereocenters. The Labute approximate surface area is 372 Å². The minimum absolute atomic E-state index is 0.0453. The summed E-state index contributed by atoms with van der Waals surface area (Å²) in [6, 6.07) is 9.58. The number of nitrogens with two attached hydrogens (primary N) is 2. The lowest BCUT2D eigenvalue weighted by Gasteiger charge is -2.36. The summed E-state index contributed by atoms with van der Waals surface area (Å²) in [6.07, 6.45) is 4.28. The number of carbonyl (C=O) groups is 4. The van der Waals surface area contributed by atoms with Gasteiger partial charge in [-0.2, -0.15) is 10.2 Å². The lowest BCUT2D eigenvalue weighted by Crippen LogP contribution is -2.41. The van der Waals surface area contributed by atoms with Gasteiger partial charge in [-0.15, -0.1) is 0 Å². The van der Waals surface area contributed by atoms with Gasteiger partial charge in [-0.3, -0.25) is 39.2 Å². The Morgan fingerprint density at radius 3 is 1.59 bits per heavy atom. The molecular formula is C44H58N12O7Si. The number of nitrogens with one attached hydrogen (secondary N) is 2.